The van der Waals surface area contributed by atoms with E-state index in [1.54, 1.807) is 0 Å². The Labute approximate surface area is 86.1 Å². The molecule has 0 nitrogen and oxygen atoms in total. The van der Waals surface area contributed by atoms with Crippen LogP contribution in [0.15, 0.2) is 0 Å². The van der Waals surface area contributed by atoms with E-state index in [4.69, 9.17) is 0 Å². The molecule has 0 saturated carbocycles. The van der Waals surface area contributed by atoms with E-state index < -0.39 is 0 Å². The van der Waals surface area contributed by atoms with Crippen LogP contribution in [0.4, 0.5) is 0 Å². The van der Waals surface area contributed by atoms with E-state index in [1.807, 2.05) is 0 Å². The summed E-state index contributed by atoms with van der Waals surface area (Å²) in [7, 11) is 0. The van der Waals surface area contributed by atoms with E-state index in [1.165, 1.54) is 0 Å². The van der Waals surface area contributed by atoms with Crippen LogP contribution in [-0.4, -0.2) is 52.4 Å². The molecule has 0 bridgehead atoms. The molecule has 4 radical (unpaired) electrons. The number of rotatable bonds is 0. The number of hydrogen-bond donors (Lipinski definition) is 0. The fraction of sp³-hybridized carbons (Fsp3) is 1.00. The molecule has 9 heavy (non-hydrogen) atoms. The standard InChI is InChI=1S/2C3H9Ge.Te/c2*1-4(2)3;/h2*1-3H3;. The molecule has 0 unspecified atom stereocenters. The molecule has 0 rings (SSSR count). The van der Waals surface area contributed by atoms with Gasteiger partial charge in [-0.1, -0.05) is 0 Å². The molecule has 0 aliphatic carbocycles. The predicted molar refractivity (Wildman–Crippen MR) is 52.4 cm³/mol. The van der Waals surface area contributed by atoms with Crippen molar-refractivity contribution < 1.29 is 0 Å². The molecule has 0 spiro atoms. The summed E-state index contributed by atoms with van der Waals surface area (Å²) in [5, 5.41) is 0. The Morgan fingerprint density at radius 2 is 0.556 bits per heavy atom. The van der Waals surface area contributed by atoms with E-state index >= 15 is 0 Å². The van der Waals surface area contributed by atoms with E-state index in [0.717, 1.165) is 0 Å². The molecule has 0 aromatic rings. The summed E-state index contributed by atoms with van der Waals surface area (Å²) in [5.74, 6) is 14.0. The first-order chi connectivity index (χ1) is 3.46. The van der Waals surface area contributed by atoms with Gasteiger partial charge in [0.25, 0.3) is 0 Å². The summed E-state index contributed by atoms with van der Waals surface area (Å²) in [5.41, 5.74) is 0. The van der Waals surface area contributed by atoms with Crippen molar-refractivity contribution in [2.45, 2.75) is 34.5 Å². The second-order valence-electron chi connectivity index (χ2n) is 3.00. The SMILES string of the molecule is [CH3][Ge]([CH3])[CH3].[CH3][Ge]([CH3])[CH3].[Te]. The van der Waals surface area contributed by atoms with E-state index in [-0.39, 0.29) is 52.4 Å². The summed E-state index contributed by atoms with van der Waals surface area (Å²) in [4.78, 5) is 0. The third-order valence-electron chi connectivity index (χ3n) is 0. The maximum Gasteiger partial charge on any atom is 0 e. The van der Waals surface area contributed by atoms with Gasteiger partial charge in [-0.3, -0.25) is 0 Å². The fourth-order valence-corrected chi connectivity index (χ4v) is 0. The van der Waals surface area contributed by atoms with Crippen LogP contribution in [0.3, 0.4) is 0 Å². The van der Waals surface area contributed by atoms with Crippen molar-refractivity contribution in [3.63, 3.8) is 0 Å². The Morgan fingerprint density at radius 1 is 0.556 bits per heavy atom. The summed E-state index contributed by atoms with van der Waals surface area (Å²) in [6, 6.07) is 0. The van der Waals surface area contributed by atoms with Crippen LogP contribution in [0.2, 0.25) is 34.5 Å². The van der Waals surface area contributed by atoms with E-state index in [2.05, 4.69) is 34.5 Å². The average Bonchev–Trinajstić information content (AvgIpc) is 1.25. The van der Waals surface area contributed by atoms with Gasteiger partial charge in [-0.25, -0.2) is 0 Å². The van der Waals surface area contributed by atoms with Crippen LogP contribution >= 0.6 is 0 Å². The van der Waals surface area contributed by atoms with Crippen molar-refractivity contribution in [2.75, 3.05) is 0 Å². The molecule has 56 valence electrons. The summed E-state index contributed by atoms with van der Waals surface area (Å²) in [6.07, 6.45) is 0. The minimum Gasteiger partial charge on any atom is 0 e. The molecule has 0 aromatic carbocycles. The zero-order valence-corrected chi connectivity index (χ0v) is 13.9. The van der Waals surface area contributed by atoms with Crippen molar-refractivity contribution in [2.24, 2.45) is 0 Å². The smallest absolute Gasteiger partial charge is 0 e. The van der Waals surface area contributed by atoms with Gasteiger partial charge in [-0.05, 0) is 0 Å². The fourth-order valence-electron chi connectivity index (χ4n) is 0. The Hall–Kier alpha value is 1.88. The van der Waals surface area contributed by atoms with Crippen molar-refractivity contribution >= 4 is 52.4 Å². The number of hydrogen-bond acceptors (Lipinski definition) is 0. The Kier molecular flexibility index (Phi) is 23.8. The van der Waals surface area contributed by atoms with Gasteiger partial charge in [0, 0.05) is 23.7 Å². The molecule has 0 aromatic heterocycles. The van der Waals surface area contributed by atoms with Gasteiger partial charge in [-0.15, -0.1) is 0 Å². The van der Waals surface area contributed by atoms with Gasteiger partial charge in [0.05, 0.1) is 0 Å². The molecule has 0 aliphatic heterocycles. The van der Waals surface area contributed by atoms with Gasteiger partial charge in [0.1, 0.15) is 0 Å². The second kappa shape index (κ2) is 12.5. The average molecular weight is 363 g/mol. The predicted octanol–water partition coefficient (Wildman–Crippen LogP) is 2.36. The maximum atomic E-state index is 2.33. The van der Waals surface area contributed by atoms with Gasteiger partial charge >= 0.3 is 63.2 Å². The molecule has 0 aliphatic rings. The molecular weight excluding hydrogens is 345 g/mol. The maximum absolute atomic E-state index is 2.33. The minimum absolute atomic E-state index is 0. The molecule has 0 fully saturated rings. The molecule has 0 heterocycles. The zero-order valence-electron chi connectivity index (χ0n) is 7.41. The van der Waals surface area contributed by atoms with Crippen molar-refractivity contribution in [1.82, 2.24) is 0 Å². The Bertz CT molecular complexity index is 26.5. The third-order valence-corrected chi connectivity index (χ3v) is 0. The van der Waals surface area contributed by atoms with Gasteiger partial charge in [0.2, 0.25) is 0 Å². The molecule has 3 heteroatoms. The van der Waals surface area contributed by atoms with Crippen molar-refractivity contribution in [1.29, 1.82) is 0 Å². The first-order valence-corrected chi connectivity index (χ1v) is 15.6. The third kappa shape index (κ3) is 174. The van der Waals surface area contributed by atoms with Crippen LogP contribution in [0, 0.1) is 0 Å². The first kappa shape index (κ1) is 17.1. The summed E-state index contributed by atoms with van der Waals surface area (Å²) in [6.45, 7) is 0. The van der Waals surface area contributed by atoms with E-state index in [9.17, 15) is 0 Å². The molecule has 0 amide bonds. The minimum atomic E-state index is -0.333. The van der Waals surface area contributed by atoms with E-state index in [0.29, 0.717) is 0 Å². The Morgan fingerprint density at radius 3 is 0.556 bits per heavy atom. The first-order valence-electron chi connectivity index (χ1n) is 3.00. The summed E-state index contributed by atoms with van der Waals surface area (Å²) < 4.78 is 0. The second-order valence-corrected chi connectivity index (χ2v) is 15.6. The topological polar surface area (TPSA) is 0 Å². The van der Waals surface area contributed by atoms with Crippen LogP contribution in [-0.2, 0) is 0 Å². The zero-order chi connectivity index (χ0) is 7.15. The molecule has 0 atom stereocenters. The van der Waals surface area contributed by atoms with Crippen molar-refractivity contribution in [3.8, 4) is 0 Å². The van der Waals surface area contributed by atoms with Gasteiger partial charge in [-0.2, -0.15) is 0 Å². The van der Waals surface area contributed by atoms with Crippen LogP contribution in [0.1, 0.15) is 0 Å². The van der Waals surface area contributed by atoms with Crippen LogP contribution < -0.4 is 0 Å². The van der Waals surface area contributed by atoms with Gasteiger partial charge in [0.15, 0.2) is 0 Å². The van der Waals surface area contributed by atoms with Crippen LogP contribution in [0.5, 0.6) is 0 Å². The Balaban J connectivity index is -0.0000000720. The molecule has 0 saturated heterocycles. The largest absolute Gasteiger partial charge is 0 e. The van der Waals surface area contributed by atoms with Crippen molar-refractivity contribution in [3.05, 3.63) is 0 Å². The quantitative estimate of drug-likeness (QED) is 0.580. The van der Waals surface area contributed by atoms with Gasteiger partial charge < -0.3 is 0 Å². The van der Waals surface area contributed by atoms with Crippen LogP contribution in [0.25, 0.3) is 0 Å². The molecular formula is C6H18Ge2Te. The monoisotopic (exact) mass is 368 g/mol. The summed E-state index contributed by atoms with van der Waals surface area (Å²) >= 11 is -0.667. The normalized spacial score (nSPS) is 8.00. The molecule has 0 N–H and O–H groups in total.